The van der Waals surface area contributed by atoms with E-state index in [0.717, 1.165) is 6.33 Å². The van der Waals surface area contributed by atoms with Gasteiger partial charge in [0.15, 0.2) is 54.5 Å². The number of aliphatic hydroxyl groups is 3. The first kappa shape index (κ1) is 46.7. The van der Waals surface area contributed by atoms with Crippen LogP contribution in [0, 0.1) is 0 Å². The maximum atomic E-state index is 13.5. The molecule has 7 heterocycles. The maximum absolute atomic E-state index is 13.5. The number of nitrogens with two attached hydrogens (primary N) is 1. The molecule has 31 heteroatoms. The number of aromatic nitrogens is 8. The monoisotopic (exact) mass is 914 g/mol. The third kappa shape index (κ3) is 10.4. The summed E-state index contributed by atoms with van der Waals surface area (Å²) >= 11 is 10.3. The van der Waals surface area contributed by atoms with Crippen LogP contribution in [0.1, 0.15) is 12.5 Å². The van der Waals surface area contributed by atoms with Crippen LogP contribution in [0.15, 0.2) is 25.3 Å². The number of ether oxygens (including phenoxy) is 3. The number of hydrogen-bond acceptors (Lipinski definition) is 24. The second-order valence-corrected chi connectivity index (χ2v) is 19.6. The number of rotatable bonds is 9. The molecular formula is C25H30N10Na2O13P2S4. The molecule has 3 fully saturated rings. The van der Waals surface area contributed by atoms with E-state index in [2.05, 4.69) is 35.2 Å². The zero-order valence-electron chi connectivity index (χ0n) is 29.3. The minimum atomic E-state index is -4.47. The summed E-state index contributed by atoms with van der Waals surface area (Å²) in [5.41, 5.74) is 6.52. The van der Waals surface area contributed by atoms with Gasteiger partial charge in [0.2, 0.25) is 0 Å². The van der Waals surface area contributed by atoms with E-state index in [4.69, 9.17) is 67.6 Å². The SMILES string of the molecule is Nc1ncnc2c1ncn2[C@H]1O[C@H]2COP(=O)([S-])O[C@H]3[C@@H](O)[C@@H](n4cnc5c(NC(=O)OCCSSCCO)ncnc54)O[C@H]3COP(=O)([S-])O[C@H]2[C@H]1O.[Na+].[Na+]. The predicted octanol–water partition coefficient (Wildman–Crippen LogP) is -5.18. The fraction of sp³-hybridized carbons (Fsp3) is 0.560. The predicted molar refractivity (Wildman–Crippen MR) is 193 cm³/mol. The van der Waals surface area contributed by atoms with Gasteiger partial charge in [0.1, 0.15) is 61.4 Å². The summed E-state index contributed by atoms with van der Waals surface area (Å²) in [7, 11) is 2.87. The van der Waals surface area contributed by atoms with E-state index in [9.17, 15) is 24.1 Å². The Morgan fingerprint density at radius 1 is 0.857 bits per heavy atom. The number of nitrogens with zero attached hydrogens (tertiary/aromatic N) is 8. The topological polar surface area (TPSA) is 302 Å². The number of carbonyl (C=O) groups is 1. The van der Waals surface area contributed by atoms with Crippen molar-refractivity contribution in [1.82, 2.24) is 39.0 Å². The molecule has 0 saturated carbocycles. The molecular weight excluding hydrogens is 885 g/mol. The molecule has 294 valence electrons. The zero-order chi connectivity index (χ0) is 38.2. The summed E-state index contributed by atoms with van der Waals surface area (Å²) in [6, 6.07) is 0. The number of anilines is 2. The van der Waals surface area contributed by atoms with Gasteiger partial charge in [-0.25, -0.2) is 34.7 Å². The number of imidazole rings is 2. The number of carbonyl (C=O) groups excluding carboxylic acids is 1. The molecule has 23 nitrogen and oxygen atoms in total. The number of hydrogen-bond donors (Lipinski definition) is 5. The molecule has 1 amide bonds. The Morgan fingerprint density at radius 3 is 1.95 bits per heavy atom. The summed E-state index contributed by atoms with van der Waals surface area (Å²) in [6.45, 7) is -10.0. The summed E-state index contributed by atoms with van der Waals surface area (Å²) in [5.74, 6) is 1.10. The Bertz CT molecular complexity index is 2100. The van der Waals surface area contributed by atoms with Gasteiger partial charge in [-0.15, -0.1) is 0 Å². The Hall–Kier alpha value is -0.330. The quantitative estimate of drug-likeness (QED) is 0.0345. The number of nitrogen functional groups attached to an aromatic ring is 1. The Morgan fingerprint density at radius 2 is 1.38 bits per heavy atom. The summed E-state index contributed by atoms with van der Waals surface area (Å²) in [4.78, 5) is 37.1. The van der Waals surface area contributed by atoms with Gasteiger partial charge in [-0.1, -0.05) is 21.6 Å². The fourth-order valence-corrected chi connectivity index (χ4v) is 10.2. The first-order valence-corrected chi connectivity index (χ1v) is 23.3. The average Bonchev–Trinajstić information content (AvgIpc) is 3.89. The van der Waals surface area contributed by atoms with Crippen LogP contribution in [-0.2, 0) is 65.9 Å². The first-order chi connectivity index (χ1) is 25.9. The van der Waals surface area contributed by atoms with Gasteiger partial charge in [0, 0.05) is 11.5 Å². The molecule has 3 aliphatic heterocycles. The molecule has 10 atom stereocenters. The van der Waals surface area contributed by atoms with Gasteiger partial charge in [-0.3, -0.25) is 23.6 Å². The normalized spacial score (nSPS) is 32.0. The molecule has 3 aliphatic rings. The van der Waals surface area contributed by atoms with Gasteiger partial charge in [-0.05, 0) is 0 Å². The van der Waals surface area contributed by atoms with Crippen molar-refractivity contribution >= 4 is 99.7 Å². The third-order valence-electron chi connectivity index (χ3n) is 8.09. The van der Waals surface area contributed by atoms with Gasteiger partial charge >= 0.3 is 65.2 Å². The minimum Gasteiger partial charge on any atom is -0.660 e. The van der Waals surface area contributed by atoms with E-state index in [1.165, 1.54) is 49.7 Å². The largest absolute Gasteiger partial charge is 1.00 e. The van der Waals surface area contributed by atoms with E-state index in [0.29, 0.717) is 11.5 Å². The van der Waals surface area contributed by atoms with Crippen molar-refractivity contribution in [3.05, 3.63) is 25.3 Å². The van der Waals surface area contributed by atoms with E-state index in [-0.39, 0.29) is 106 Å². The maximum Gasteiger partial charge on any atom is 1.00 e. The van der Waals surface area contributed by atoms with Crippen LogP contribution in [0.3, 0.4) is 0 Å². The molecule has 0 spiro atoms. The Kier molecular flexibility index (Phi) is 16.7. The van der Waals surface area contributed by atoms with Crippen molar-refractivity contribution in [2.45, 2.75) is 49.1 Å². The molecule has 56 heavy (non-hydrogen) atoms. The van der Waals surface area contributed by atoms with Gasteiger partial charge in [0.05, 0.1) is 32.5 Å². The molecule has 0 aliphatic carbocycles. The van der Waals surface area contributed by atoms with Crippen molar-refractivity contribution in [2.75, 3.05) is 49.0 Å². The molecule has 4 aromatic rings. The summed E-state index contributed by atoms with van der Waals surface area (Å²) in [6.07, 6.45) is -7.29. The van der Waals surface area contributed by atoms with Crippen molar-refractivity contribution < 1.29 is 121 Å². The number of amides is 1. The smallest absolute Gasteiger partial charge is 0.660 e. The second-order valence-electron chi connectivity index (χ2n) is 11.5. The van der Waals surface area contributed by atoms with Crippen LogP contribution in [0.4, 0.5) is 16.4 Å². The van der Waals surface area contributed by atoms with Crippen LogP contribution < -0.4 is 70.2 Å². The molecule has 3 saturated heterocycles. The van der Waals surface area contributed by atoms with Crippen molar-refractivity contribution in [2.24, 2.45) is 0 Å². The second kappa shape index (κ2) is 20.0. The van der Waals surface area contributed by atoms with E-state index < -0.39 is 82.0 Å². The number of fused-ring (bicyclic) bond motifs is 4. The van der Waals surface area contributed by atoms with Crippen LogP contribution in [-0.4, -0.2) is 135 Å². The van der Waals surface area contributed by atoms with Gasteiger partial charge in [-0.2, -0.15) is 0 Å². The summed E-state index contributed by atoms with van der Waals surface area (Å²) in [5, 5.41) is 34.1. The Labute approximate surface area is 379 Å². The molecule has 0 radical (unpaired) electrons. The summed E-state index contributed by atoms with van der Waals surface area (Å²) < 4.78 is 69.2. The molecule has 7 rings (SSSR count). The number of aliphatic hydroxyl groups excluding tert-OH is 3. The van der Waals surface area contributed by atoms with Crippen molar-refractivity contribution in [1.29, 1.82) is 0 Å². The van der Waals surface area contributed by atoms with Crippen LogP contribution in [0.5, 0.6) is 0 Å². The molecule has 6 N–H and O–H groups in total. The molecule has 4 aromatic heterocycles. The van der Waals surface area contributed by atoms with Gasteiger partial charge in [0.25, 0.3) is 0 Å². The molecule has 0 aromatic carbocycles. The zero-order valence-corrected chi connectivity index (χ0v) is 38.3. The van der Waals surface area contributed by atoms with E-state index in [1.807, 2.05) is 0 Å². The van der Waals surface area contributed by atoms with E-state index in [1.54, 1.807) is 0 Å². The Balaban J connectivity index is 0.00000300. The third-order valence-corrected chi connectivity index (χ3v) is 13.5. The van der Waals surface area contributed by atoms with Gasteiger partial charge < -0.3 is 77.9 Å². The van der Waals surface area contributed by atoms with E-state index >= 15 is 0 Å². The standard InChI is InChI=1S/C25H32N10O13P2S4.2Na/c26-19-13-21(29-7-27-19)34(9-31-13)23-15(37)17-11(45-23)5-43-50(41,52)48-18-12(6-44-49(40,51)47-17)46-24(16(18)38)35-10-32-14-20(28-8-30-22(14)35)33-25(39)42-2-4-54-53-3-1-36;;/h7-12,15-18,23-24,36-38H,1-6H2,(H,40,51)(H,41,52)(H2,26,27,29)(H,28,30,33,39);;/q;2*+1/p-2/t11-,12-,15+,16+,17+,18+,23-,24-,49?,50?;;/m0../s1. The van der Waals surface area contributed by atoms with Crippen molar-refractivity contribution in [3.8, 4) is 0 Å². The fourth-order valence-electron chi connectivity index (χ4n) is 5.76. The van der Waals surface area contributed by atoms with Crippen molar-refractivity contribution in [3.63, 3.8) is 0 Å². The van der Waals surface area contributed by atoms with Crippen LogP contribution >= 0.6 is 35.2 Å². The number of nitrogens with one attached hydrogen (secondary N) is 1. The molecule has 0 bridgehead atoms. The van der Waals surface area contributed by atoms with Crippen LogP contribution in [0.25, 0.3) is 22.3 Å². The first-order valence-electron chi connectivity index (χ1n) is 15.7. The minimum absolute atomic E-state index is 0. The molecule has 2 unspecified atom stereocenters. The average molecular weight is 915 g/mol. The van der Waals surface area contributed by atoms with Crippen LogP contribution in [0.2, 0.25) is 0 Å².